The van der Waals surface area contributed by atoms with E-state index in [4.69, 9.17) is 21.3 Å². The molecule has 31 heavy (non-hydrogen) atoms. The van der Waals surface area contributed by atoms with Crippen LogP contribution in [0.5, 0.6) is 5.75 Å². The summed E-state index contributed by atoms with van der Waals surface area (Å²) in [5, 5.41) is 3.18. The lowest BCUT2D eigenvalue weighted by molar-refractivity contribution is 0.302. The third-order valence-electron chi connectivity index (χ3n) is 5.52. The molecule has 3 nitrogen and oxygen atoms in total. The summed E-state index contributed by atoms with van der Waals surface area (Å²) in [6, 6.07) is 30.9. The predicted molar refractivity (Wildman–Crippen MR) is 128 cm³/mol. The van der Waals surface area contributed by atoms with Crippen LogP contribution >= 0.6 is 11.6 Å². The summed E-state index contributed by atoms with van der Waals surface area (Å²) in [5.41, 5.74) is 3.40. The van der Waals surface area contributed by atoms with Gasteiger partial charge in [-0.1, -0.05) is 66.2 Å². The molecule has 0 N–H and O–H groups in total. The average Bonchev–Trinajstić information content (AvgIpc) is 3.15. The van der Waals surface area contributed by atoms with Crippen LogP contribution in [0.3, 0.4) is 0 Å². The van der Waals surface area contributed by atoms with Gasteiger partial charge in [0, 0.05) is 18.0 Å². The third kappa shape index (κ3) is 4.42. The van der Waals surface area contributed by atoms with Crippen molar-refractivity contribution in [3.8, 4) is 5.75 Å². The number of aryl methyl sites for hydroxylation is 1. The molecule has 0 aliphatic heterocycles. The van der Waals surface area contributed by atoms with Gasteiger partial charge in [-0.2, -0.15) is 0 Å². The third-order valence-corrected chi connectivity index (χ3v) is 5.78. The van der Waals surface area contributed by atoms with E-state index in [9.17, 15) is 0 Å². The number of benzene rings is 4. The van der Waals surface area contributed by atoms with Gasteiger partial charge in [0.2, 0.25) is 0 Å². The molecule has 0 spiro atoms. The number of ether oxygens (including phenoxy) is 1. The summed E-state index contributed by atoms with van der Waals surface area (Å²) in [7, 11) is 0. The van der Waals surface area contributed by atoms with E-state index < -0.39 is 0 Å². The number of para-hydroxylation sites is 2. The Balaban J connectivity index is 1.30. The number of hydrogen-bond donors (Lipinski definition) is 0. The van der Waals surface area contributed by atoms with Crippen LogP contribution in [0.25, 0.3) is 21.8 Å². The fourth-order valence-electron chi connectivity index (χ4n) is 3.96. The highest BCUT2D eigenvalue weighted by molar-refractivity contribution is 6.30. The molecule has 4 aromatic carbocycles. The van der Waals surface area contributed by atoms with E-state index in [0.717, 1.165) is 47.0 Å². The highest BCUT2D eigenvalue weighted by Gasteiger charge is 2.11. The highest BCUT2D eigenvalue weighted by atomic mass is 35.5. The number of hydrogen-bond acceptors (Lipinski definition) is 2. The molecule has 1 aromatic heterocycles. The zero-order valence-corrected chi connectivity index (χ0v) is 17.9. The van der Waals surface area contributed by atoms with Gasteiger partial charge in [-0.05, 0) is 59.2 Å². The summed E-state index contributed by atoms with van der Waals surface area (Å²) in [5.74, 6) is 1.98. The maximum atomic E-state index is 6.05. The molecule has 4 heteroatoms. The Hall–Kier alpha value is -3.30. The zero-order chi connectivity index (χ0) is 21.0. The van der Waals surface area contributed by atoms with Gasteiger partial charge < -0.3 is 9.30 Å². The first kappa shape index (κ1) is 19.7. The van der Waals surface area contributed by atoms with Crippen LogP contribution in [0.15, 0.2) is 91.0 Å². The Kier molecular flexibility index (Phi) is 5.59. The van der Waals surface area contributed by atoms with Crippen molar-refractivity contribution < 1.29 is 4.74 Å². The minimum atomic E-state index is 0.658. The summed E-state index contributed by atoms with van der Waals surface area (Å²) in [4.78, 5) is 4.89. The molecular formula is C27H23ClN2O. The lowest BCUT2D eigenvalue weighted by Crippen LogP contribution is -2.08. The Morgan fingerprint density at radius 3 is 2.45 bits per heavy atom. The molecule has 0 bridgehead atoms. The smallest absolute Gasteiger partial charge is 0.119 e. The maximum Gasteiger partial charge on any atom is 0.119 e. The van der Waals surface area contributed by atoms with Gasteiger partial charge in [-0.3, -0.25) is 0 Å². The molecule has 5 aromatic rings. The molecule has 0 saturated carbocycles. The number of imidazole rings is 1. The van der Waals surface area contributed by atoms with Crippen molar-refractivity contribution in [2.45, 2.75) is 19.4 Å². The molecule has 0 saturated heterocycles. The summed E-state index contributed by atoms with van der Waals surface area (Å²) in [6.07, 6.45) is 1.68. The van der Waals surface area contributed by atoms with Gasteiger partial charge in [-0.15, -0.1) is 0 Å². The van der Waals surface area contributed by atoms with Crippen molar-refractivity contribution in [1.29, 1.82) is 0 Å². The van der Waals surface area contributed by atoms with Crippen molar-refractivity contribution in [2.75, 3.05) is 6.61 Å². The first-order valence-corrected chi connectivity index (χ1v) is 10.9. The van der Waals surface area contributed by atoms with Crippen LogP contribution in [0.1, 0.15) is 17.8 Å². The summed E-state index contributed by atoms with van der Waals surface area (Å²) in [6.45, 7) is 1.52. The minimum absolute atomic E-state index is 0.658. The molecule has 0 aliphatic carbocycles. The quantitative estimate of drug-likeness (QED) is 0.264. The van der Waals surface area contributed by atoms with E-state index in [0.29, 0.717) is 6.61 Å². The predicted octanol–water partition coefficient (Wildman–Crippen LogP) is 6.90. The van der Waals surface area contributed by atoms with Gasteiger partial charge in [0.1, 0.15) is 11.6 Å². The molecule has 154 valence electrons. The van der Waals surface area contributed by atoms with Crippen LogP contribution in [0, 0.1) is 0 Å². The number of aromatic nitrogens is 2. The van der Waals surface area contributed by atoms with Crippen LogP contribution in [0.4, 0.5) is 0 Å². The second kappa shape index (κ2) is 8.83. The Bertz CT molecular complexity index is 1320. The van der Waals surface area contributed by atoms with E-state index in [1.807, 2.05) is 24.3 Å². The molecule has 0 amide bonds. The van der Waals surface area contributed by atoms with Gasteiger partial charge in [0.25, 0.3) is 0 Å². The Morgan fingerprint density at radius 1 is 0.806 bits per heavy atom. The van der Waals surface area contributed by atoms with Crippen molar-refractivity contribution in [3.05, 3.63) is 107 Å². The van der Waals surface area contributed by atoms with Crippen LogP contribution in [-0.2, 0) is 13.0 Å². The molecule has 0 unspecified atom stereocenters. The molecule has 0 fully saturated rings. The zero-order valence-electron chi connectivity index (χ0n) is 17.2. The topological polar surface area (TPSA) is 27.1 Å². The number of halogens is 1. The van der Waals surface area contributed by atoms with Gasteiger partial charge >= 0.3 is 0 Å². The van der Waals surface area contributed by atoms with Gasteiger partial charge in [0.05, 0.1) is 17.6 Å². The van der Waals surface area contributed by atoms with Gasteiger partial charge in [0.15, 0.2) is 0 Å². The monoisotopic (exact) mass is 426 g/mol. The second-order valence-corrected chi connectivity index (χ2v) is 8.12. The molecule has 5 rings (SSSR count). The Morgan fingerprint density at radius 2 is 1.58 bits per heavy atom. The van der Waals surface area contributed by atoms with Crippen LogP contribution in [-0.4, -0.2) is 16.2 Å². The minimum Gasteiger partial charge on any atom is -0.494 e. The highest BCUT2D eigenvalue weighted by Crippen LogP contribution is 2.22. The van der Waals surface area contributed by atoms with Crippen molar-refractivity contribution in [3.63, 3.8) is 0 Å². The number of nitrogens with zero attached hydrogens (tertiary/aromatic N) is 2. The lowest BCUT2D eigenvalue weighted by atomic mass is 10.1. The summed E-state index contributed by atoms with van der Waals surface area (Å²) < 4.78 is 8.36. The molecule has 1 heterocycles. The van der Waals surface area contributed by atoms with E-state index in [1.165, 1.54) is 16.3 Å². The Labute approximate surface area is 186 Å². The molecular weight excluding hydrogens is 404 g/mol. The normalized spacial score (nSPS) is 11.3. The van der Waals surface area contributed by atoms with Crippen molar-refractivity contribution >= 4 is 33.4 Å². The van der Waals surface area contributed by atoms with E-state index >= 15 is 0 Å². The lowest BCUT2D eigenvalue weighted by Gasteiger charge is -2.11. The molecule has 0 atom stereocenters. The first-order chi connectivity index (χ1) is 15.3. The van der Waals surface area contributed by atoms with E-state index in [2.05, 4.69) is 71.3 Å². The summed E-state index contributed by atoms with van der Waals surface area (Å²) >= 11 is 6.04. The van der Waals surface area contributed by atoms with Crippen molar-refractivity contribution in [2.24, 2.45) is 0 Å². The van der Waals surface area contributed by atoms with Crippen LogP contribution < -0.4 is 4.74 Å². The number of fused-ring (bicyclic) bond motifs is 2. The van der Waals surface area contributed by atoms with Crippen LogP contribution in [0.2, 0.25) is 5.02 Å². The fraction of sp³-hybridized carbons (Fsp3) is 0.148. The first-order valence-electron chi connectivity index (χ1n) is 10.6. The van der Waals surface area contributed by atoms with Gasteiger partial charge in [-0.25, -0.2) is 4.98 Å². The van der Waals surface area contributed by atoms with E-state index in [1.54, 1.807) is 0 Å². The maximum absolute atomic E-state index is 6.05. The number of rotatable bonds is 7. The molecule has 0 aliphatic rings. The average molecular weight is 427 g/mol. The second-order valence-electron chi connectivity index (χ2n) is 7.68. The standard InChI is InChI=1S/C27H23ClN2O/c28-23-13-10-20(11-14-23)18-27-29-25-8-3-4-9-26(25)30(27)16-5-17-31-24-15-12-21-6-1-2-7-22(21)19-24/h1-4,6-15,19H,5,16-18H2. The SMILES string of the molecule is Clc1ccc(Cc2nc3ccccc3n2CCCOc2ccc3ccccc3c2)cc1. The largest absolute Gasteiger partial charge is 0.494 e. The van der Waals surface area contributed by atoms with E-state index in [-0.39, 0.29) is 0 Å². The fourth-order valence-corrected chi connectivity index (χ4v) is 4.09. The molecule has 0 radical (unpaired) electrons. The van der Waals surface area contributed by atoms with Crippen molar-refractivity contribution in [1.82, 2.24) is 9.55 Å².